The summed E-state index contributed by atoms with van der Waals surface area (Å²) in [5.74, 6) is 0. The highest BCUT2D eigenvalue weighted by molar-refractivity contribution is 5.74. The van der Waals surface area contributed by atoms with Gasteiger partial charge in [-0.1, -0.05) is 19.3 Å². The first-order valence-corrected chi connectivity index (χ1v) is 8.50. The van der Waals surface area contributed by atoms with Gasteiger partial charge >= 0.3 is 6.03 Å². The van der Waals surface area contributed by atoms with Crippen LogP contribution in [-0.2, 0) is 13.0 Å². The minimum absolute atomic E-state index is 0.0415. The maximum atomic E-state index is 12.2. The summed E-state index contributed by atoms with van der Waals surface area (Å²) in [4.78, 5) is 12.2. The van der Waals surface area contributed by atoms with Gasteiger partial charge in [0.05, 0.1) is 25.4 Å². The smallest absolute Gasteiger partial charge is 0.315 e. The maximum absolute atomic E-state index is 12.2. The lowest BCUT2D eigenvalue weighted by molar-refractivity contribution is 0.227. The molecule has 1 fully saturated rings. The van der Waals surface area contributed by atoms with Crippen molar-refractivity contribution in [3.8, 4) is 0 Å². The standard InChI is InChI=1S/C16H26N4O2/c21-10-9-20-15-8-4-7-14(13(15)11-17-20)19-16(22)18-12-5-2-1-3-6-12/h11-12,14,21H,1-10H2,(H2,18,19,22). The van der Waals surface area contributed by atoms with Gasteiger partial charge < -0.3 is 15.7 Å². The molecular weight excluding hydrogens is 280 g/mol. The fourth-order valence-corrected chi connectivity index (χ4v) is 3.69. The Balaban J connectivity index is 1.60. The highest BCUT2D eigenvalue weighted by Crippen LogP contribution is 2.29. The summed E-state index contributed by atoms with van der Waals surface area (Å²) in [5, 5.41) is 19.7. The van der Waals surface area contributed by atoms with Gasteiger partial charge in [-0.15, -0.1) is 0 Å². The lowest BCUT2D eigenvalue weighted by Gasteiger charge is -2.27. The molecule has 1 saturated carbocycles. The largest absolute Gasteiger partial charge is 0.394 e. The predicted molar refractivity (Wildman–Crippen MR) is 83.5 cm³/mol. The van der Waals surface area contributed by atoms with E-state index in [0.29, 0.717) is 12.6 Å². The molecule has 0 aliphatic heterocycles. The van der Waals surface area contributed by atoms with E-state index in [-0.39, 0.29) is 18.7 Å². The van der Waals surface area contributed by atoms with Gasteiger partial charge in [0.1, 0.15) is 0 Å². The molecule has 1 atom stereocenters. The highest BCUT2D eigenvalue weighted by atomic mass is 16.3. The molecule has 1 aromatic heterocycles. The molecule has 0 radical (unpaired) electrons. The van der Waals surface area contributed by atoms with Crippen LogP contribution in [0.4, 0.5) is 4.79 Å². The first-order chi connectivity index (χ1) is 10.8. The van der Waals surface area contributed by atoms with Gasteiger partial charge in [0.15, 0.2) is 0 Å². The van der Waals surface area contributed by atoms with Crippen molar-refractivity contribution in [1.82, 2.24) is 20.4 Å². The third-order valence-corrected chi connectivity index (χ3v) is 4.82. The fraction of sp³-hybridized carbons (Fsp3) is 0.750. The molecule has 22 heavy (non-hydrogen) atoms. The molecule has 0 bridgehead atoms. The average molecular weight is 306 g/mol. The molecule has 0 aromatic carbocycles. The van der Waals surface area contributed by atoms with Crippen LogP contribution in [0, 0.1) is 0 Å². The van der Waals surface area contributed by atoms with Crippen LogP contribution in [0.25, 0.3) is 0 Å². The zero-order valence-electron chi connectivity index (χ0n) is 13.1. The van der Waals surface area contributed by atoms with Crippen LogP contribution in [0.3, 0.4) is 0 Å². The zero-order chi connectivity index (χ0) is 15.4. The van der Waals surface area contributed by atoms with Crippen molar-refractivity contribution in [2.24, 2.45) is 0 Å². The molecule has 0 spiro atoms. The van der Waals surface area contributed by atoms with E-state index in [1.54, 1.807) is 0 Å². The lowest BCUT2D eigenvalue weighted by Crippen LogP contribution is -2.44. The Hall–Kier alpha value is -1.56. The number of rotatable bonds is 4. The first-order valence-electron chi connectivity index (χ1n) is 8.50. The summed E-state index contributed by atoms with van der Waals surface area (Å²) >= 11 is 0. The van der Waals surface area contributed by atoms with Crippen LogP contribution in [0.5, 0.6) is 0 Å². The number of aromatic nitrogens is 2. The second-order valence-electron chi connectivity index (χ2n) is 6.39. The van der Waals surface area contributed by atoms with Gasteiger partial charge in [-0.25, -0.2) is 4.79 Å². The van der Waals surface area contributed by atoms with Crippen LogP contribution in [0.15, 0.2) is 6.20 Å². The Labute approximate surface area is 131 Å². The number of carbonyl (C=O) groups excluding carboxylic acids is 1. The summed E-state index contributed by atoms with van der Waals surface area (Å²) < 4.78 is 1.86. The Kier molecular flexibility index (Phi) is 4.97. The zero-order valence-corrected chi connectivity index (χ0v) is 13.1. The van der Waals surface area contributed by atoms with Gasteiger partial charge in [-0.3, -0.25) is 4.68 Å². The number of nitrogens with one attached hydrogen (secondary N) is 2. The van der Waals surface area contributed by atoms with Crippen molar-refractivity contribution in [3.05, 3.63) is 17.5 Å². The fourth-order valence-electron chi connectivity index (χ4n) is 3.69. The van der Waals surface area contributed by atoms with E-state index in [0.717, 1.165) is 43.4 Å². The number of carbonyl (C=O) groups is 1. The molecule has 122 valence electrons. The Bertz CT molecular complexity index is 508. The van der Waals surface area contributed by atoms with Crippen LogP contribution < -0.4 is 10.6 Å². The molecule has 3 N–H and O–H groups in total. The van der Waals surface area contributed by atoms with E-state index in [1.807, 2.05) is 10.9 Å². The SMILES string of the molecule is O=C(NC1CCCCC1)NC1CCCc2c1cnn2CCO. The molecule has 1 heterocycles. The maximum Gasteiger partial charge on any atom is 0.315 e. The molecule has 6 heteroatoms. The quantitative estimate of drug-likeness (QED) is 0.794. The van der Waals surface area contributed by atoms with Gasteiger partial charge in [-0.2, -0.15) is 5.10 Å². The normalized spacial score (nSPS) is 22.1. The number of amides is 2. The minimum Gasteiger partial charge on any atom is -0.394 e. The molecule has 2 amide bonds. The van der Waals surface area contributed by atoms with Crippen molar-refractivity contribution in [1.29, 1.82) is 0 Å². The van der Waals surface area contributed by atoms with E-state index < -0.39 is 0 Å². The second kappa shape index (κ2) is 7.13. The number of fused-ring (bicyclic) bond motifs is 1. The average Bonchev–Trinajstić information content (AvgIpc) is 2.93. The van der Waals surface area contributed by atoms with Gasteiger partial charge in [-0.05, 0) is 32.1 Å². The molecule has 2 aliphatic carbocycles. The van der Waals surface area contributed by atoms with E-state index in [1.165, 1.54) is 19.3 Å². The summed E-state index contributed by atoms with van der Waals surface area (Å²) in [6, 6.07) is 0.313. The van der Waals surface area contributed by atoms with Crippen molar-refractivity contribution >= 4 is 6.03 Å². The van der Waals surface area contributed by atoms with Crippen LogP contribution in [0.1, 0.15) is 62.2 Å². The van der Waals surface area contributed by atoms with E-state index >= 15 is 0 Å². The number of aliphatic hydroxyl groups is 1. The van der Waals surface area contributed by atoms with E-state index in [2.05, 4.69) is 15.7 Å². The monoisotopic (exact) mass is 306 g/mol. The number of hydrogen-bond acceptors (Lipinski definition) is 3. The first kappa shape index (κ1) is 15.3. The number of urea groups is 1. The van der Waals surface area contributed by atoms with Crippen LogP contribution >= 0.6 is 0 Å². The van der Waals surface area contributed by atoms with Crippen LogP contribution in [-0.4, -0.2) is 33.6 Å². The molecule has 1 aromatic rings. The van der Waals surface area contributed by atoms with E-state index in [4.69, 9.17) is 5.11 Å². The summed E-state index contributed by atoms with van der Waals surface area (Å²) in [6.45, 7) is 0.616. The van der Waals surface area contributed by atoms with E-state index in [9.17, 15) is 4.79 Å². The van der Waals surface area contributed by atoms with Crippen LogP contribution in [0.2, 0.25) is 0 Å². The summed E-state index contributed by atoms with van der Waals surface area (Å²) in [6.07, 6.45) is 10.7. The lowest BCUT2D eigenvalue weighted by atomic mass is 9.93. The van der Waals surface area contributed by atoms with Crippen molar-refractivity contribution in [2.75, 3.05) is 6.61 Å². The molecule has 2 aliphatic rings. The molecule has 1 unspecified atom stereocenters. The van der Waals surface area contributed by atoms with Gasteiger partial charge in [0, 0.05) is 17.3 Å². The minimum atomic E-state index is -0.0559. The number of nitrogens with zero attached hydrogens (tertiary/aromatic N) is 2. The number of hydrogen-bond donors (Lipinski definition) is 3. The third-order valence-electron chi connectivity index (χ3n) is 4.82. The highest BCUT2D eigenvalue weighted by Gasteiger charge is 2.26. The Morgan fingerprint density at radius 3 is 2.82 bits per heavy atom. The summed E-state index contributed by atoms with van der Waals surface area (Å²) in [7, 11) is 0. The number of aliphatic hydroxyl groups excluding tert-OH is 1. The third kappa shape index (κ3) is 3.43. The molecule has 3 rings (SSSR count). The second-order valence-corrected chi connectivity index (χ2v) is 6.39. The molecule has 0 saturated heterocycles. The molecular formula is C16H26N4O2. The Morgan fingerprint density at radius 1 is 1.23 bits per heavy atom. The predicted octanol–water partition coefficient (Wildman–Crippen LogP) is 1.88. The summed E-state index contributed by atoms with van der Waals surface area (Å²) in [5.41, 5.74) is 2.27. The van der Waals surface area contributed by atoms with Crippen molar-refractivity contribution in [3.63, 3.8) is 0 Å². The van der Waals surface area contributed by atoms with Gasteiger partial charge in [0.25, 0.3) is 0 Å². The van der Waals surface area contributed by atoms with Crippen molar-refractivity contribution in [2.45, 2.75) is 70.0 Å². The van der Waals surface area contributed by atoms with Crippen molar-refractivity contribution < 1.29 is 9.90 Å². The molecule has 6 nitrogen and oxygen atoms in total. The topological polar surface area (TPSA) is 79.2 Å². The van der Waals surface area contributed by atoms with Gasteiger partial charge in [0.2, 0.25) is 0 Å². The Morgan fingerprint density at radius 2 is 2.05 bits per heavy atom.